The summed E-state index contributed by atoms with van der Waals surface area (Å²) in [7, 11) is 0. The van der Waals surface area contributed by atoms with Gasteiger partial charge in [0.25, 0.3) is 0 Å². The van der Waals surface area contributed by atoms with E-state index in [1.165, 1.54) is 37.9 Å². The molecule has 0 aromatic heterocycles. The molecule has 2 heteroatoms. The third-order valence-electron chi connectivity index (χ3n) is 4.86. The number of quaternary nitrogens is 1. The van der Waals surface area contributed by atoms with Crippen LogP contribution in [0.3, 0.4) is 0 Å². The molecule has 25 heavy (non-hydrogen) atoms. The summed E-state index contributed by atoms with van der Waals surface area (Å²) in [5.74, 6) is 6.73. The molecule has 0 radical (unpaired) electrons. The molecule has 1 aliphatic heterocycles. The molecular weight excluding hydrogens is 326 g/mol. The number of piperidine rings is 1. The summed E-state index contributed by atoms with van der Waals surface area (Å²) in [6.45, 7) is 4.44. The van der Waals surface area contributed by atoms with E-state index in [1.807, 2.05) is 24.3 Å². The monoisotopic (exact) mass is 350 g/mol. The average molecular weight is 351 g/mol. The highest BCUT2D eigenvalue weighted by Gasteiger charge is 2.27. The first-order valence-electron chi connectivity index (χ1n) is 9.07. The Hall–Kier alpha value is -2.01. The van der Waals surface area contributed by atoms with Crippen LogP contribution in [0.25, 0.3) is 6.08 Å². The predicted octanol–water partition coefficient (Wildman–Crippen LogP) is 5.41. The van der Waals surface area contributed by atoms with Crippen molar-refractivity contribution in [3.63, 3.8) is 0 Å². The molecule has 1 nitrogen and oxygen atoms in total. The van der Waals surface area contributed by atoms with E-state index in [9.17, 15) is 0 Å². The van der Waals surface area contributed by atoms with Crippen LogP contribution in [0, 0.1) is 11.8 Å². The molecule has 1 aliphatic rings. The highest BCUT2D eigenvalue weighted by Crippen LogP contribution is 2.19. The molecule has 2 aromatic rings. The summed E-state index contributed by atoms with van der Waals surface area (Å²) < 4.78 is 1.09. The van der Waals surface area contributed by atoms with Gasteiger partial charge >= 0.3 is 0 Å². The van der Waals surface area contributed by atoms with Gasteiger partial charge in [-0.2, -0.15) is 0 Å². The highest BCUT2D eigenvalue weighted by atomic mass is 35.5. The van der Waals surface area contributed by atoms with E-state index in [-0.39, 0.29) is 0 Å². The van der Waals surface area contributed by atoms with Gasteiger partial charge in [-0.25, -0.2) is 0 Å². The van der Waals surface area contributed by atoms with E-state index >= 15 is 0 Å². The lowest BCUT2D eigenvalue weighted by molar-refractivity contribution is -0.920. The van der Waals surface area contributed by atoms with Crippen molar-refractivity contribution in [3.8, 4) is 11.8 Å². The topological polar surface area (TPSA) is 0 Å². The SMILES string of the molecule is Clc1ccc(C#CC[N+]2(C/C=C/c3ccccc3)CCCCC2)cc1. The molecule has 0 atom stereocenters. The minimum atomic E-state index is 0.760. The van der Waals surface area contributed by atoms with Crippen molar-refractivity contribution in [1.82, 2.24) is 0 Å². The molecule has 1 fully saturated rings. The first-order valence-corrected chi connectivity index (χ1v) is 9.45. The first-order chi connectivity index (χ1) is 12.3. The lowest BCUT2D eigenvalue weighted by Gasteiger charge is -2.39. The Balaban J connectivity index is 1.66. The Bertz CT molecular complexity index is 744. The molecule has 3 rings (SSSR count). The van der Waals surface area contributed by atoms with Crippen molar-refractivity contribution in [1.29, 1.82) is 0 Å². The largest absolute Gasteiger partial charge is 0.310 e. The zero-order valence-electron chi connectivity index (χ0n) is 14.6. The quantitative estimate of drug-likeness (QED) is 0.511. The Labute approximate surface area is 156 Å². The fourth-order valence-corrected chi connectivity index (χ4v) is 3.53. The molecule has 128 valence electrons. The van der Waals surface area contributed by atoms with Crippen LogP contribution >= 0.6 is 11.6 Å². The fraction of sp³-hybridized carbons (Fsp3) is 0.304. The van der Waals surface area contributed by atoms with Gasteiger partial charge in [-0.3, -0.25) is 0 Å². The van der Waals surface area contributed by atoms with Crippen molar-refractivity contribution in [2.24, 2.45) is 0 Å². The Morgan fingerprint density at radius 3 is 2.36 bits per heavy atom. The van der Waals surface area contributed by atoms with E-state index < -0.39 is 0 Å². The number of likely N-dealkylation sites (tertiary alicyclic amines) is 1. The van der Waals surface area contributed by atoms with Gasteiger partial charge in [0.1, 0.15) is 6.54 Å². The number of rotatable bonds is 4. The highest BCUT2D eigenvalue weighted by molar-refractivity contribution is 6.30. The van der Waals surface area contributed by atoms with Gasteiger partial charge in [-0.1, -0.05) is 53.9 Å². The first kappa shape index (κ1) is 17.8. The van der Waals surface area contributed by atoms with Crippen LogP contribution < -0.4 is 0 Å². The van der Waals surface area contributed by atoms with Crippen molar-refractivity contribution in [3.05, 3.63) is 76.8 Å². The third kappa shape index (κ3) is 5.49. The van der Waals surface area contributed by atoms with Crippen molar-refractivity contribution >= 4 is 17.7 Å². The molecule has 0 N–H and O–H groups in total. The fourth-order valence-electron chi connectivity index (χ4n) is 3.41. The van der Waals surface area contributed by atoms with Gasteiger partial charge in [0.15, 0.2) is 0 Å². The van der Waals surface area contributed by atoms with Crippen LogP contribution in [0.15, 0.2) is 60.7 Å². The second kappa shape index (κ2) is 8.90. The van der Waals surface area contributed by atoms with Crippen LogP contribution in [0.5, 0.6) is 0 Å². The third-order valence-corrected chi connectivity index (χ3v) is 5.11. The van der Waals surface area contributed by atoms with E-state index in [2.05, 4.69) is 54.3 Å². The van der Waals surface area contributed by atoms with Crippen molar-refractivity contribution < 1.29 is 4.48 Å². The molecule has 0 amide bonds. The minimum Gasteiger partial charge on any atom is -0.310 e. The molecule has 0 bridgehead atoms. The molecule has 1 saturated heterocycles. The summed E-state index contributed by atoms with van der Waals surface area (Å²) in [5.41, 5.74) is 2.31. The molecule has 0 spiro atoms. The molecular formula is C23H25ClN+. The van der Waals surface area contributed by atoms with E-state index in [0.29, 0.717) is 0 Å². The Kier molecular flexibility index (Phi) is 6.34. The van der Waals surface area contributed by atoms with Gasteiger partial charge in [-0.15, -0.1) is 0 Å². The second-order valence-corrected chi connectivity index (χ2v) is 7.25. The summed E-state index contributed by atoms with van der Waals surface area (Å²) in [4.78, 5) is 0. The average Bonchev–Trinajstić information content (AvgIpc) is 2.65. The number of halogens is 1. The number of hydrogen-bond donors (Lipinski definition) is 0. The van der Waals surface area contributed by atoms with Crippen LogP contribution in [0.4, 0.5) is 0 Å². The van der Waals surface area contributed by atoms with Crippen LogP contribution in [0.2, 0.25) is 5.02 Å². The maximum Gasteiger partial charge on any atom is 0.141 e. The zero-order chi connectivity index (χ0) is 17.4. The van der Waals surface area contributed by atoms with Crippen LogP contribution in [-0.4, -0.2) is 30.7 Å². The summed E-state index contributed by atoms with van der Waals surface area (Å²) in [6.07, 6.45) is 8.53. The molecule has 0 unspecified atom stereocenters. The normalized spacial score (nSPS) is 16.4. The predicted molar refractivity (Wildman–Crippen MR) is 107 cm³/mol. The maximum absolute atomic E-state index is 5.94. The lowest BCUT2D eigenvalue weighted by Crippen LogP contribution is -2.51. The van der Waals surface area contributed by atoms with Crippen molar-refractivity contribution in [2.45, 2.75) is 19.3 Å². The van der Waals surface area contributed by atoms with Gasteiger partial charge in [0.05, 0.1) is 19.6 Å². The van der Waals surface area contributed by atoms with E-state index in [0.717, 1.165) is 28.2 Å². The van der Waals surface area contributed by atoms with E-state index in [1.54, 1.807) is 0 Å². The van der Waals surface area contributed by atoms with Crippen LogP contribution in [-0.2, 0) is 0 Å². The molecule has 0 saturated carbocycles. The Morgan fingerprint density at radius 2 is 1.64 bits per heavy atom. The summed E-state index contributed by atoms with van der Waals surface area (Å²) in [5, 5.41) is 0.760. The second-order valence-electron chi connectivity index (χ2n) is 6.81. The van der Waals surface area contributed by atoms with Gasteiger partial charge < -0.3 is 4.48 Å². The summed E-state index contributed by atoms with van der Waals surface area (Å²) >= 11 is 5.94. The van der Waals surface area contributed by atoms with E-state index in [4.69, 9.17) is 11.6 Å². The van der Waals surface area contributed by atoms with Gasteiger partial charge in [-0.05, 0) is 61.1 Å². The Morgan fingerprint density at radius 1 is 0.920 bits per heavy atom. The standard InChI is InChI=1S/C23H25ClN/c24-23-15-13-22(14-16-23)12-8-20-25(17-5-2-6-18-25)19-7-11-21-9-3-1-4-10-21/h1,3-4,7,9-11,13-16H,2,5-6,17-20H2/q+1/b11-7+. The van der Waals surface area contributed by atoms with Crippen molar-refractivity contribution in [2.75, 3.05) is 26.2 Å². The lowest BCUT2D eigenvalue weighted by atomic mass is 10.1. The summed E-state index contributed by atoms with van der Waals surface area (Å²) in [6, 6.07) is 18.3. The number of nitrogens with zero attached hydrogens (tertiary/aromatic N) is 1. The minimum absolute atomic E-state index is 0.760. The van der Waals surface area contributed by atoms with Gasteiger partial charge in [0, 0.05) is 10.6 Å². The zero-order valence-corrected chi connectivity index (χ0v) is 15.4. The van der Waals surface area contributed by atoms with Crippen LogP contribution in [0.1, 0.15) is 30.4 Å². The number of benzene rings is 2. The number of hydrogen-bond acceptors (Lipinski definition) is 0. The molecule has 0 aliphatic carbocycles. The smallest absolute Gasteiger partial charge is 0.141 e. The molecule has 2 aromatic carbocycles. The molecule has 1 heterocycles. The van der Waals surface area contributed by atoms with Gasteiger partial charge in [0.2, 0.25) is 0 Å². The maximum atomic E-state index is 5.94.